The van der Waals surface area contributed by atoms with Crippen molar-refractivity contribution in [2.45, 2.75) is 65.0 Å². The normalized spacial score (nSPS) is 20.3. The zero-order chi connectivity index (χ0) is 23.8. The maximum Gasteiger partial charge on any atom is 0.228 e. The average Bonchev–Trinajstić information content (AvgIpc) is 3.53. The molecule has 34 heavy (non-hydrogen) atoms. The van der Waals surface area contributed by atoms with Gasteiger partial charge in [-0.05, 0) is 79.8 Å². The number of fused-ring (bicyclic) bond motifs is 1. The summed E-state index contributed by atoms with van der Waals surface area (Å²) in [5.41, 5.74) is 3.63. The van der Waals surface area contributed by atoms with E-state index in [9.17, 15) is 14.0 Å². The third kappa shape index (κ3) is 4.81. The molecule has 5 rings (SSSR count). The minimum atomic E-state index is -0.352. The van der Waals surface area contributed by atoms with Gasteiger partial charge in [0.15, 0.2) is 5.82 Å². The highest BCUT2D eigenvalue weighted by molar-refractivity contribution is 5.93. The first-order valence-corrected chi connectivity index (χ1v) is 12.1. The van der Waals surface area contributed by atoms with Gasteiger partial charge in [0, 0.05) is 31.6 Å². The summed E-state index contributed by atoms with van der Waals surface area (Å²) in [6.07, 6.45) is 9.03. The number of anilines is 1. The van der Waals surface area contributed by atoms with Crippen LogP contribution in [0.5, 0.6) is 0 Å². The predicted octanol–water partition coefficient (Wildman–Crippen LogP) is 4.59. The van der Waals surface area contributed by atoms with Crippen LogP contribution >= 0.6 is 0 Å². The highest BCUT2D eigenvalue weighted by atomic mass is 19.1. The second-order valence-corrected chi connectivity index (χ2v) is 9.80. The molecule has 7 nitrogen and oxygen atoms in total. The summed E-state index contributed by atoms with van der Waals surface area (Å²) in [6.45, 7) is 4.29. The number of hydrogen-bond donors (Lipinski definition) is 2. The lowest BCUT2D eigenvalue weighted by Gasteiger charge is -2.28. The molecule has 2 heterocycles. The number of nitrogens with zero attached hydrogens (tertiary/aromatic N) is 3. The Labute approximate surface area is 198 Å². The van der Waals surface area contributed by atoms with Gasteiger partial charge < -0.3 is 15.2 Å². The van der Waals surface area contributed by atoms with E-state index < -0.39 is 0 Å². The maximum absolute atomic E-state index is 14.9. The van der Waals surface area contributed by atoms with Crippen LogP contribution in [-0.4, -0.2) is 32.4 Å². The molecule has 2 saturated carbocycles. The second kappa shape index (κ2) is 9.16. The lowest BCUT2D eigenvalue weighted by Crippen LogP contribution is -2.40. The first-order chi connectivity index (χ1) is 16.4. The molecular weight excluding hydrogens is 433 g/mol. The second-order valence-electron chi connectivity index (χ2n) is 9.80. The minimum absolute atomic E-state index is 0.0266. The number of halogens is 1. The topological polar surface area (TPSA) is 88.9 Å². The van der Waals surface area contributed by atoms with Gasteiger partial charge in [-0.25, -0.2) is 14.4 Å². The van der Waals surface area contributed by atoms with Crippen LogP contribution in [0, 0.1) is 24.6 Å². The van der Waals surface area contributed by atoms with Crippen LogP contribution in [0.25, 0.3) is 22.2 Å². The fourth-order valence-electron chi connectivity index (χ4n) is 4.98. The average molecular weight is 464 g/mol. The predicted molar refractivity (Wildman–Crippen MR) is 129 cm³/mol. The van der Waals surface area contributed by atoms with Crippen molar-refractivity contribution in [3.63, 3.8) is 0 Å². The van der Waals surface area contributed by atoms with Crippen LogP contribution in [-0.2, 0) is 16.1 Å². The Morgan fingerprint density at radius 2 is 1.97 bits per heavy atom. The maximum atomic E-state index is 14.9. The molecule has 2 aromatic heterocycles. The molecular formula is C26H30FN5O2. The summed E-state index contributed by atoms with van der Waals surface area (Å²) in [7, 11) is 0. The molecule has 0 unspecified atom stereocenters. The number of nitrogens with one attached hydrogen (secondary N) is 2. The summed E-state index contributed by atoms with van der Waals surface area (Å²) >= 11 is 0. The molecule has 2 aliphatic rings. The molecule has 2 fully saturated rings. The number of aryl methyl sites for hydroxylation is 1. The van der Waals surface area contributed by atoms with Crippen LogP contribution < -0.4 is 10.6 Å². The van der Waals surface area contributed by atoms with Gasteiger partial charge >= 0.3 is 0 Å². The quantitative estimate of drug-likeness (QED) is 0.560. The summed E-state index contributed by atoms with van der Waals surface area (Å²) in [5, 5.41) is 5.87. The summed E-state index contributed by atoms with van der Waals surface area (Å²) < 4.78 is 17.0. The van der Waals surface area contributed by atoms with Gasteiger partial charge in [-0.2, -0.15) is 0 Å². The molecule has 2 amide bonds. The molecule has 3 aromatic rings. The zero-order valence-electron chi connectivity index (χ0n) is 19.6. The molecule has 2 N–H and O–H groups in total. The van der Waals surface area contributed by atoms with Crippen molar-refractivity contribution in [3.8, 4) is 11.1 Å². The number of pyridine rings is 1. The number of amides is 2. The van der Waals surface area contributed by atoms with E-state index in [0.29, 0.717) is 23.7 Å². The number of hydrogen-bond acceptors (Lipinski definition) is 4. The fraction of sp³-hybridized carbons (Fsp3) is 0.462. The smallest absolute Gasteiger partial charge is 0.228 e. The van der Waals surface area contributed by atoms with Crippen LogP contribution in [0.3, 0.4) is 0 Å². The SMILES string of the molecule is CC(=O)N[C@@H]1CCC[C@H](C(=O)Nc2cc(-c3cc(F)c4ncn(CC5CC5)c4c3)c(C)cn2)C1. The Balaban J connectivity index is 1.38. The van der Waals surface area contributed by atoms with E-state index in [-0.39, 0.29) is 29.6 Å². The standard InChI is InChI=1S/C26H30FN5O2/c1-15-12-28-24(31-26(34)18-4-3-5-20(8-18)30-16(2)33)11-21(15)19-9-22(27)25-23(10-19)32(14-29-25)13-17-6-7-17/h9-12,14,17-18,20H,3-8,13H2,1-2H3,(H,30,33)(H,28,31,34)/t18-,20+/m0/s1. The van der Waals surface area contributed by atoms with E-state index in [1.807, 2.05) is 23.6 Å². The Kier molecular flexibility index (Phi) is 6.06. The molecule has 2 aliphatic carbocycles. The van der Waals surface area contributed by atoms with Crippen molar-refractivity contribution in [1.29, 1.82) is 0 Å². The Hall–Kier alpha value is -3.29. The molecule has 2 atom stereocenters. The molecule has 178 valence electrons. The summed E-state index contributed by atoms with van der Waals surface area (Å²) in [6, 6.07) is 5.31. The van der Waals surface area contributed by atoms with Crippen LogP contribution in [0.2, 0.25) is 0 Å². The Morgan fingerprint density at radius 3 is 2.74 bits per heavy atom. The monoisotopic (exact) mass is 463 g/mol. The number of imidazole rings is 1. The molecule has 0 radical (unpaired) electrons. The first kappa shape index (κ1) is 22.5. The Bertz CT molecular complexity index is 1250. The van der Waals surface area contributed by atoms with Crippen LogP contribution in [0.1, 0.15) is 51.0 Å². The molecule has 0 aliphatic heterocycles. The molecule has 0 spiro atoms. The number of aromatic nitrogens is 3. The zero-order valence-corrected chi connectivity index (χ0v) is 19.6. The number of carbonyl (C=O) groups is 2. The van der Waals surface area contributed by atoms with E-state index in [0.717, 1.165) is 48.0 Å². The number of rotatable bonds is 6. The first-order valence-electron chi connectivity index (χ1n) is 12.1. The number of benzene rings is 1. The lowest BCUT2D eigenvalue weighted by atomic mass is 9.85. The van der Waals surface area contributed by atoms with Crippen molar-refractivity contribution < 1.29 is 14.0 Å². The molecule has 0 saturated heterocycles. The van der Waals surface area contributed by atoms with Gasteiger partial charge in [0.25, 0.3) is 0 Å². The highest BCUT2D eigenvalue weighted by Gasteiger charge is 2.28. The lowest BCUT2D eigenvalue weighted by molar-refractivity contribution is -0.123. The fourth-order valence-corrected chi connectivity index (χ4v) is 4.98. The van der Waals surface area contributed by atoms with E-state index in [4.69, 9.17) is 0 Å². The van der Waals surface area contributed by atoms with E-state index in [1.54, 1.807) is 12.5 Å². The van der Waals surface area contributed by atoms with Gasteiger partial charge in [0.05, 0.1) is 11.8 Å². The summed E-state index contributed by atoms with van der Waals surface area (Å²) in [4.78, 5) is 33.0. The van der Waals surface area contributed by atoms with Gasteiger partial charge in [-0.3, -0.25) is 9.59 Å². The van der Waals surface area contributed by atoms with Gasteiger partial charge in [0.2, 0.25) is 11.8 Å². The third-order valence-electron chi connectivity index (χ3n) is 6.95. The van der Waals surface area contributed by atoms with Crippen molar-refractivity contribution in [2.75, 3.05) is 5.32 Å². The Morgan fingerprint density at radius 1 is 1.15 bits per heavy atom. The van der Waals surface area contributed by atoms with E-state index in [2.05, 4.69) is 20.6 Å². The minimum Gasteiger partial charge on any atom is -0.354 e. The van der Waals surface area contributed by atoms with Crippen LogP contribution in [0.4, 0.5) is 10.2 Å². The molecule has 0 bridgehead atoms. The van der Waals surface area contributed by atoms with Gasteiger partial charge in [0.1, 0.15) is 11.3 Å². The largest absolute Gasteiger partial charge is 0.354 e. The number of carbonyl (C=O) groups excluding carboxylic acids is 2. The van der Waals surface area contributed by atoms with Crippen LogP contribution in [0.15, 0.2) is 30.7 Å². The van der Waals surface area contributed by atoms with Gasteiger partial charge in [-0.15, -0.1) is 0 Å². The van der Waals surface area contributed by atoms with Gasteiger partial charge in [-0.1, -0.05) is 6.42 Å². The van der Waals surface area contributed by atoms with Crippen molar-refractivity contribution in [1.82, 2.24) is 19.9 Å². The van der Waals surface area contributed by atoms with Crippen molar-refractivity contribution in [3.05, 3.63) is 42.1 Å². The van der Waals surface area contributed by atoms with Crippen molar-refractivity contribution in [2.24, 2.45) is 11.8 Å². The van der Waals surface area contributed by atoms with E-state index in [1.165, 1.54) is 25.8 Å². The van der Waals surface area contributed by atoms with Crippen molar-refractivity contribution >= 4 is 28.7 Å². The highest BCUT2D eigenvalue weighted by Crippen LogP contribution is 2.34. The molecule has 8 heteroatoms. The third-order valence-corrected chi connectivity index (χ3v) is 6.95. The van der Waals surface area contributed by atoms with E-state index >= 15 is 0 Å². The summed E-state index contributed by atoms with van der Waals surface area (Å²) in [5.74, 6) is 0.399. The molecule has 1 aromatic carbocycles.